The number of nitrogens with one attached hydrogen (secondary N) is 1. The van der Waals surface area contributed by atoms with Crippen LogP contribution in [0.15, 0.2) is 47.4 Å². The highest BCUT2D eigenvalue weighted by Gasteiger charge is 2.20. The molecule has 0 spiro atoms. The third kappa shape index (κ3) is 4.91. The Morgan fingerprint density at radius 1 is 1.28 bits per heavy atom. The van der Waals surface area contributed by atoms with Crippen LogP contribution in [0.3, 0.4) is 0 Å². The van der Waals surface area contributed by atoms with Gasteiger partial charge in [-0.1, -0.05) is 29.8 Å². The first-order valence-corrected chi connectivity index (χ1v) is 9.49. The van der Waals surface area contributed by atoms with Crippen molar-refractivity contribution in [1.29, 1.82) is 0 Å². The Labute approximate surface area is 158 Å². The second kappa shape index (κ2) is 9.13. The van der Waals surface area contributed by atoms with Crippen molar-refractivity contribution in [2.24, 2.45) is 0 Å². The molecule has 134 valence electrons. The zero-order valence-electron chi connectivity index (χ0n) is 14.9. The molecule has 2 rings (SSSR count). The van der Waals surface area contributed by atoms with Gasteiger partial charge in [0.15, 0.2) is 0 Å². The molecule has 4 nitrogen and oxygen atoms in total. The molecule has 1 N–H and O–H groups in total. The van der Waals surface area contributed by atoms with Gasteiger partial charge in [0.25, 0.3) is 5.91 Å². The number of benzene rings is 2. The number of thioether (sulfide) groups is 1. The Balaban J connectivity index is 2.18. The second-order valence-electron chi connectivity index (χ2n) is 5.78. The average molecular weight is 379 g/mol. The predicted molar refractivity (Wildman–Crippen MR) is 105 cm³/mol. The number of likely N-dealkylation sites (N-methyl/N-ethyl adjacent to an activating group) is 1. The van der Waals surface area contributed by atoms with E-state index in [2.05, 4.69) is 10.2 Å². The summed E-state index contributed by atoms with van der Waals surface area (Å²) in [5.74, 6) is 0.625. The van der Waals surface area contributed by atoms with Crippen molar-refractivity contribution < 1.29 is 9.53 Å². The lowest BCUT2D eigenvalue weighted by Gasteiger charge is -2.26. The molecule has 25 heavy (non-hydrogen) atoms. The van der Waals surface area contributed by atoms with Gasteiger partial charge in [-0.2, -0.15) is 0 Å². The average Bonchev–Trinajstić information content (AvgIpc) is 2.62. The fourth-order valence-electron chi connectivity index (χ4n) is 2.60. The minimum Gasteiger partial charge on any atom is -0.496 e. The van der Waals surface area contributed by atoms with Gasteiger partial charge in [0.05, 0.1) is 23.7 Å². The maximum absolute atomic E-state index is 12.6. The SMILES string of the molecule is COc1ccccc1C(CNC(=O)c1cc(SC)ccc1Cl)N(C)C. The highest BCUT2D eigenvalue weighted by Crippen LogP contribution is 2.28. The molecule has 2 aromatic rings. The molecule has 0 saturated heterocycles. The Morgan fingerprint density at radius 3 is 2.64 bits per heavy atom. The number of hydrogen-bond acceptors (Lipinski definition) is 4. The number of nitrogens with zero attached hydrogens (tertiary/aromatic N) is 1. The maximum atomic E-state index is 12.6. The standard InChI is InChI=1S/C19H23ClN2O2S/c1-22(2)17(14-7-5-6-8-18(14)24-3)12-21-19(23)15-11-13(25-4)9-10-16(15)20/h5-11,17H,12H2,1-4H3,(H,21,23). The van der Waals surface area contributed by atoms with Crippen LogP contribution in [0.25, 0.3) is 0 Å². The van der Waals surface area contributed by atoms with Crippen molar-refractivity contribution in [2.75, 3.05) is 34.0 Å². The van der Waals surface area contributed by atoms with Crippen LogP contribution in [0.4, 0.5) is 0 Å². The number of carbonyl (C=O) groups is 1. The zero-order chi connectivity index (χ0) is 18.4. The molecule has 0 aliphatic carbocycles. The van der Waals surface area contributed by atoms with Crippen LogP contribution < -0.4 is 10.1 Å². The summed E-state index contributed by atoms with van der Waals surface area (Å²) in [5.41, 5.74) is 1.52. The number of carbonyl (C=O) groups excluding carboxylic acids is 1. The van der Waals surface area contributed by atoms with E-state index in [9.17, 15) is 4.79 Å². The normalized spacial score (nSPS) is 12.1. The first-order valence-electron chi connectivity index (χ1n) is 7.89. The van der Waals surface area contributed by atoms with Gasteiger partial charge in [0.2, 0.25) is 0 Å². The summed E-state index contributed by atoms with van der Waals surface area (Å²) < 4.78 is 5.45. The van der Waals surface area contributed by atoms with E-state index in [-0.39, 0.29) is 11.9 Å². The molecule has 0 saturated carbocycles. The van der Waals surface area contributed by atoms with Gasteiger partial charge in [0, 0.05) is 17.0 Å². The summed E-state index contributed by atoms with van der Waals surface area (Å²) in [5, 5.41) is 3.45. The van der Waals surface area contributed by atoms with Crippen LogP contribution >= 0.6 is 23.4 Å². The Morgan fingerprint density at radius 2 is 2.00 bits per heavy atom. The van der Waals surface area contributed by atoms with E-state index in [1.165, 1.54) is 0 Å². The molecule has 0 heterocycles. The van der Waals surface area contributed by atoms with E-state index < -0.39 is 0 Å². The molecular formula is C19H23ClN2O2S. The third-order valence-corrected chi connectivity index (χ3v) is 5.05. The number of hydrogen-bond donors (Lipinski definition) is 1. The highest BCUT2D eigenvalue weighted by molar-refractivity contribution is 7.98. The molecule has 0 aromatic heterocycles. The van der Waals surface area contributed by atoms with Crippen LogP contribution in [0.5, 0.6) is 5.75 Å². The van der Waals surface area contributed by atoms with E-state index in [1.54, 1.807) is 24.9 Å². The minimum atomic E-state index is -0.178. The first-order chi connectivity index (χ1) is 12.0. The molecule has 1 unspecified atom stereocenters. The molecule has 1 amide bonds. The number of rotatable bonds is 7. The summed E-state index contributed by atoms with van der Waals surface area (Å²) in [4.78, 5) is 15.6. The second-order valence-corrected chi connectivity index (χ2v) is 7.06. The molecule has 0 radical (unpaired) electrons. The van der Waals surface area contributed by atoms with Gasteiger partial charge < -0.3 is 15.0 Å². The minimum absolute atomic E-state index is 0.0115. The number of ether oxygens (including phenoxy) is 1. The molecular weight excluding hydrogens is 356 g/mol. The molecule has 1 atom stereocenters. The van der Waals surface area contributed by atoms with Crippen molar-refractivity contribution >= 4 is 29.3 Å². The lowest BCUT2D eigenvalue weighted by Crippen LogP contribution is -2.34. The van der Waals surface area contributed by atoms with Gasteiger partial charge in [-0.25, -0.2) is 0 Å². The predicted octanol–water partition coefficient (Wildman–Crippen LogP) is 4.10. The fourth-order valence-corrected chi connectivity index (χ4v) is 3.25. The fraction of sp³-hybridized carbons (Fsp3) is 0.316. The number of amides is 1. The van der Waals surface area contributed by atoms with E-state index in [0.717, 1.165) is 16.2 Å². The van der Waals surface area contributed by atoms with Crippen molar-refractivity contribution in [3.05, 3.63) is 58.6 Å². The maximum Gasteiger partial charge on any atom is 0.252 e. The van der Waals surface area contributed by atoms with Gasteiger partial charge in [-0.3, -0.25) is 4.79 Å². The van der Waals surface area contributed by atoms with Crippen LogP contribution in [-0.4, -0.2) is 44.8 Å². The van der Waals surface area contributed by atoms with Gasteiger partial charge >= 0.3 is 0 Å². The molecule has 6 heteroatoms. The van der Waals surface area contributed by atoms with Crippen LogP contribution in [0, 0.1) is 0 Å². The highest BCUT2D eigenvalue weighted by atomic mass is 35.5. The number of halogens is 1. The summed E-state index contributed by atoms with van der Waals surface area (Å²) in [7, 11) is 5.60. The Bertz CT molecular complexity index is 737. The topological polar surface area (TPSA) is 41.6 Å². The van der Waals surface area contributed by atoms with Crippen LogP contribution in [-0.2, 0) is 0 Å². The van der Waals surface area contributed by atoms with Crippen LogP contribution in [0.2, 0.25) is 5.02 Å². The third-order valence-electron chi connectivity index (χ3n) is 4.00. The Hall–Kier alpha value is -1.69. The monoisotopic (exact) mass is 378 g/mol. The van der Waals surface area contributed by atoms with E-state index in [1.807, 2.05) is 56.7 Å². The van der Waals surface area contributed by atoms with Crippen molar-refractivity contribution in [3.63, 3.8) is 0 Å². The van der Waals surface area contributed by atoms with Gasteiger partial charge in [0.1, 0.15) is 5.75 Å². The molecule has 0 fully saturated rings. The van der Waals surface area contributed by atoms with Crippen molar-refractivity contribution in [2.45, 2.75) is 10.9 Å². The van der Waals surface area contributed by atoms with Gasteiger partial charge in [-0.15, -0.1) is 11.8 Å². The summed E-state index contributed by atoms with van der Waals surface area (Å²) in [6, 6.07) is 13.3. The Kier molecular flexibility index (Phi) is 7.17. The zero-order valence-corrected chi connectivity index (χ0v) is 16.4. The molecule has 0 aliphatic heterocycles. The van der Waals surface area contributed by atoms with Crippen molar-refractivity contribution in [1.82, 2.24) is 10.2 Å². The molecule has 0 aliphatic rings. The lowest BCUT2D eigenvalue weighted by molar-refractivity contribution is 0.0941. The number of para-hydroxylation sites is 1. The largest absolute Gasteiger partial charge is 0.496 e. The number of methoxy groups -OCH3 is 1. The van der Waals surface area contributed by atoms with Gasteiger partial charge in [-0.05, 0) is 44.6 Å². The lowest BCUT2D eigenvalue weighted by atomic mass is 10.0. The van der Waals surface area contributed by atoms with E-state index >= 15 is 0 Å². The quantitative estimate of drug-likeness (QED) is 0.736. The van der Waals surface area contributed by atoms with E-state index in [0.29, 0.717) is 17.1 Å². The smallest absolute Gasteiger partial charge is 0.252 e. The van der Waals surface area contributed by atoms with E-state index in [4.69, 9.17) is 16.3 Å². The van der Waals surface area contributed by atoms with Crippen LogP contribution in [0.1, 0.15) is 22.0 Å². The molecule has 2 aromatic carbocycles. The first kappa shape index (κ1) is 19.6. The van der Waals surface area contributed by atoms with Crippen molar-refractivity contribution in [3.8, 4) is 5.75 Å². The summed E-state index contributed by atoms with van der Waals surface area (Å²) >= 11 is 7.77. The molecule has 0 bridgehead atoms. The summed E-state index contributed by atoms with van der Waals surface area (Å²) in [6.45, 7) is 0.450. The summed E-state index contributed by atoms with van der Waals surface area (Å²) in [6.07, 6.45) is 1.97.